The number of H-pyrrole nitrogens is 1. The van der Waals surface area contributed by atoms with E-state index in [9.17, 15) is 20.4 Å². The Kier molecular flexibility index (Phi) is 7.24. The van der Waals surface area contributed by atoms with Gasteiger partial charge in [0.25, 0.3) is 0 Å². The van der Waals surface area contributed by atoms with Crippen molar-refractivity contribution < 1.29 is 19.5 Å². The summed E-state index contributed by atoms with van der Waals surface area (Å²) in [6, 6.07) is 9.43. The number of carboxylic acid groups (broad SMARTS) is 1. The first-order chi connectivity index (χ1) is 13.4. The molecule has 0 saturated carbocycles. The van der Waals surface area contributed by atoms with E-state index < -0.39 is 5.97 Å². The van der Waals surface area contributed by atoms with Gasteiger partial charge in [-0.05, 0) is 11.1 Å². The van der Waals surface area contributed by atoms with Crippen molar-refractivity contribution in [3.05, 3.63) is 45.6 Å². The number of ether oxygens (including phenoxy) is 1. The molecule has 0 aliphatic carbocycles. The number of nitrogens with one attached hydrogen (secondary N) is 2. The molecule has 144 valence electrons. The van der Waals surface area contributed by atoms with Crippen LogP contribution in [-0.2, 0) is 4.74 Å². The second-order valence-corrected chi connectivity index (χ2v) is 6.56. The van der Waals surface area contributed by atoms with Gasteiger partial charge in [0.15, 0.2) is 0 Å². The van der Waals surface area contributed by atoms with Gasteiger partial charge in [0.1, 0.15) is 41.2 Å². The summed E-state index contributed by atoms with van der Waals surface area (Å²) in [5.41, 5.74) is 6.65. The monoisotopic (exact) mass is 397 g/mol. The number of morpholine rings is 1. The van der Waals surface area contributed by atoms with Gasteiger partial charge in [-0.2, -0.15) is 10.5 Å². The van der Waals surface area contributed by atoms with Crippen molar-refractivity contribution >= 4 is 24.0 Å². The zero-order valence-corrected chi connectivity index (χ0v) is 16.1. The molecular formula is C19H19N5O3S. The van der Waals surface area contributed by atoms with Crippen LogP contribution in [-0.4, -0.2) is 44.3 Å². The van der Waals surface area contributed by atoms with E-state index in [1.54, 1.807) is 4.90 Å². The minimum atomic E-state index is -1.31. The Labute approximate surface area is 167 Å². The quantitative estimate of drug-likeness (QED) is 0.587. The summed E-state index contributed by atoms with van der Waals surface area (Å²) in [4.78, 5) is 14.9. The summed E-state index contributed by atoms with van der Waals surface area (Å²) < 4.78 is 5.24. The highest BCUT2D eigenvalue weighted by atomic mass is 32.1. The lowest BCUT2D eigenvalue weighted by atomic mass is 9.96. The summed E-state index contributed by atoms with van der Waals surface area (Å²) in [5, 5.41) is 29.2. The zero-order valence-electron chi connectivity index (χ0n) is 15.2. The van der Waals surface area contributed by atoms with Crippen molar-refractivity contribution in [2.24, 2.45) is 0 Å². The number of aromatic amines is 1. The van der Waals surface area contributed by atoms with E-state index >= 15 is 0 Å². The standard InChI is InChI=1S/C14H8N4O2S.C5H11NO/c15-5-9-11(10(6-16)13(21)18-12(9)17)7-1-3-8(4-2-7)14(19)20;1-6-2-4-7-5-3-6/h1-4H,(H,19,20)(H3,17,18,21);2-5H2,1H3. The molecule has 9 heteroatoms. The van der Waals surface area contributed by atoms with Gasteiger partial charge in [-0.1, -0.05) is 36.5 Å². The number of nitriles is 2. The number of pyridine rings is 1. The molecule has 2 aromatic rings. The Bertz CT molecular complexity index is 996. The van der Waals surface area contributed by atoms with Crippen LogP contribution in [0.15, 0.2) is 24.3 Å². The third-order valence-electron chi connectivity index (χ3n) is 4.22. The van der Waals surface area contributed by atoms with Crippen LogP contribution in [0.5, 0.6) is 0 Å². The average molecular weight is 397 g/mol. The fourth-order valence-corrected chi connectivity index (χ4v) is 2.88. The van der Waals surface area contributed by atoms with Crippen LogP contribution in [0.3, 0.4) is 0 Å². The Hall–Kier alpha value is -3.24. The summed E-state index contributed by atoms with van der Waals surface area (Å²) in [6.45, 7) is 4.26. The summed E-state index contributed by atoms with van der Waals surface area (Å²) in [7, 11) is 2.20. The van der Waals surface area contributed by atoms with E-state index in [0.29, 0.717) is 5.56 Å². The number of hydrogen-bond donors (Lipinski definition) is 3. The van der Waals surface area contributed by atoms with Crippen LogP contribution in [0.2, 0.25) is 0 Å². The van der Waals surface area contributed by atoms with E-state index in [4.69, 9.17) is 22.7 Å². The number of quaternary nitrogens is 1. The molecule has 1 saturated heterocycles. The molecule has 1 aliphatic rings. The van der Waals surface area contributed by atoms with Crippen molar-refractivity contribution in [2.45, 2.75) is 0 Å². The third-order valence-corrected chi connectivity index (χ3v) is 4.53. The largest absolute Gasteiger partial charge is 0.545 e. The van der Waals surface area contributed by atoms with E-state index in [2.05, 4.69) is 12.0 Å². The molecule has 0 radical (unpaired) electrons. The minimum absolute atomic E-state index is 0.00942. The van der Waals surface area contributed by atoms with Gasteiger partial charge < -0.3 is 30.3 Å². The molecule has 1 aliphatic heterocycles. The molecule has 0 unspecified atom stereocenters. The zero-order chi connectivity index (χ0) is 20.7. The fraction of sp³-hybridized carbons (Fsp3) is 0.263. The number of benzene rings is 1. The molecule has 3 rings (SSSR count). The molecule has 28 heavy (non-hydrogen) atoms. The van der Waals surface area contributed by atoms with Crippen LogP contribution < -0.4 is 15.7 Å². The predicted molar refractivity (Wildman–Crippen MR) is 103 cm³/mol. The molecule has 8 nitrogen and oxygen atoms in total. The minimum Gasteiger partial charge on any atom is -0.545 e. The third kappa shape index (κ3) is 4.93. The number of carbonyl (C=O) groups excluding carboxylic acids is 1. The molecule has 0 amide bonds. The lowest BCUT2D eigenvalue weighted by Crippen LogP contribution is -3.11. The lowest BCUT2D eigenvalue weighted by molar-refractivity contribution is -0.888. The Morgan fingerprint density at radius 3 is 2.21 bits per heavy atom. The van der Waals surface area contributed by atoms with Crippen molar-refractivity contribution in [2.75, 3.05) is 39.1 Å². The number of carboxylic acids is 1. The van der Waals surface area contributed by atoms with Crippen molar-refractivity contribution in [3.63, 3.8) is 0 Å². The maximum absolute atomic E-state index is 10.7. The topological polar surface area (TPSA) is 143 Å². The summed E-state index contributed by atoms with van der Waals surface area (Å²) in [5.74, 6) is -1.26. The SMILES string of the molecule is C[NH+]1CCOCC1.N#Cc1c(N)[nH]c(=S)c(C#N)c1-c1ccc(C(=O)[O-])cc1. The number of aromatic nitrogens is 1. The molecule has 0 spiro atoms. The first kappa shape index (κ1) is 21.1. The van der Waals surface area contributed by atoms with Crippen LogP contribution in [0.1, 0.15) is 21.5 Å². The highest BCUT2D eigenvalue weighted by molar-refractivity contribution is 7.71. The molecule has 0 atom stereocenters. The first-order valence-electron chi connectivity index (χ1n) is 8.45. The second-order valence-electron chi connectivity index (χ2n) is 6.15. The molecule has 2 heterocycles. The highest BCUT2D eigenvalue weighted by Crippen LogP contribution is 2.30. The maximum Gasteiger partial charge on any atom is 0.123 e. The molecule has 1 aromatic carbocycles. The van der Waals surface area contributed by atoms with E-state index in [1.165, 1.54) is 37.4 Å². The Morgan fingerprint density at radius 1 is 1.21 bits per heavy atom. The smallest absolute Gasteiger partial charge is 0.123 e. The van der Waals surface area contributed by atoms with Gasteiger partial charge in [0, 0.05) is 5.56 Å². The van der Waals surface area contributed by atoms with E-state index in [0.717, 1.165) is 13.2 Å². The number of rotatable bonds is 2. The normalized spacial score (nSPS) is 13.5. The molecule has 4 N–H and O–H groups in total. The van der Waals surface area contributed by atoms with Crippen molar-refractivity contribution in [3.8, 4) is 23.3 Å². The predicted octanol–water partition coefficient (Wildman–Crippen LogP) is -0.368. The number of hydrogen-bond acceptors (Lipinski definition) is 7. The molecule has 1 fully saturated rings. The van der Waals surface area contributed by atoms with Gasteiger partial charge >= 0.3 is 0 Å². The number of likely N-dealkylation sites (N-methyl/N-ethyl adjacent to an activating group) is 1. The number of anilines is 1. The van der Waals surface area contributed by atoms with Crippen LogP contribution in [0, 0.1) is 27.3 Å². The number of carbonyl (C=O) groups is 1. The van der Waals surface area contributed by atoms with Gasteiger partial charge in [0.2, 0.25) is 0 Å². The number of nitrogen functional groups attached to an aromatic ring is 1. The van der Waals surface area contributed by atoms with Gasteiger partial charge in [-0.25, -0.2) is 0 Å². The summed E-state index contributed by atoms with van der Waals surface area (Å²) in [6.07, 6.45) is 0. The molecule has 1 aromatic heterocycles. The van der Waals surface area contributed by atoms with E-state index in [1.807, 2.05) is 12.1 Å². The number of aromatic carboxylic acids is 1. The highest BCUT2D eigenvalue weighted by Gasteiger charge is 2.16. The van der Waals surface area contributed by atoms with Crippen molar-refractivity contribution in [1.82, 2.24) is 4.98 Å². The molecular weight excluding hydrogens is 378 g/mol. The van der Waals surface area contributed by atoms with Gasteiger partial charge in [0.05, 0.1) is 31.8 Å². The van der Waals surface area contributed by atoms with Crippen LogP contribution >= 0.6 is 12.2 Å². The van der Waals surface area contributed by atoms with E-state index in [-0.39, 0.29) is 32.7 Å². The van der Waals surface area contributed by atoms with Gasteiger partial charge in [-0.3, -0.25) is 0 Å². The molecule has 0 bridgehead atoms. The Morgan fingerprint density at radius 2 is 1.79 bits per heavy atom. The van der Waals surface area contributed by atoms with Crippen LogP contribution in [0.25, 0.3) is 11.1 Å². The Balaban J connectivity index is 0.000000336. The number of nitrogens with two attached hydrogens (primary N) is 1. The first-order valence-corrected chi connectivity index (χ1v) is 8.86. The number of nitrogens with zero attached hydrogens (tertiary/aromatic N) is 2. The van der Waals surface area contributed by atoms with Crippen LogP contribution in [0.4, 0.5) is 5.82 Å². The average Bonchev–Trinajstić information content (AvgIpc) is 2.68. The fourth-order valence-electron chi connectivity index (χ4n) is 2.62. The van der Waals surface area contributed by atoms with Gasteiger partial charge in [-0.15, -0.1) is 0 Å². The second kappa shape index (κ2) is 9.62. The lowest BCUT2D eigenvalue weighted by Gasteiger charge is -2.18. The maximum atomic E-state index is 10.7. The summed E-state index contributed by atoms with van der Waals surface area (Å²) >= 11 is 5.03. The van der Waals surface area contributed by atoms with Crippen molar-refractivity contribution in [1.29, 1.82) is 10.5 Å².